The molecule has 1 fully saturated rings. The Morgan fingerprint density at radius 3 is 2.54 bits per heavy atom. The molecule has 3 amide bonds. The monoisotopic (exact) mass is 401 g/mol. The van der Waals surface area contributed by atoms with Gasteiger partial charge in [0.2, 0.25) is 5.91 Å². The van der Waals surface area contributed by atoms with E-state index in [9.17, 15) is 14.4 Å². The third-order valence-corrected chi connectivity index (χ3v) is 5.39. The average molecular weight is 401 g/mol. The van der Waals surface area contributed by atoms with Crippen LogP contribution in [0, 0.1) is 5.92 Å². The molecular weight excluding hydrogens is 378 g/mol. The summed E-state index contributed by atoms with van der Waals surface area (Å²) in [4.78, 5) is 47.7. The van der Waals surface area contributed by atoms with Gasteiger partial charge < -0.3 is 15.5 Å². The molecule has 0 aromatic carbocycles. The summed E-state index contributed by atoms with van der Waals surface area (Å²) in [6.45, 7) is 4.69. The Balaban J connectivity index is 1.58. The zero-order valence-electron chi connectivity index (χ0n) is 15.8. The van der Waals surface area contributed by atoms with Gasteiger partial charge in [-0.3, -0.25) is 14.4 Å². The molecule has 0 bridgehead atoms. The zero-order chi connectivity index (χ0) is 20.1. The molecule has 0 atom stereocenters. The lowest BCUT2D eigenvalue weighted by molar-refractivity contribution is -0.118. The predicted octanol–water partition coefficient (Wildman–Crippen LogP) is 2.17. The summed E-state index contributed by atoms with van der Waals surface area (Å²) in [7, 11) is 0. The first-order chi connectivity index (χ1) is 13.5. The van der Waals surface area contributed by atoms with E-state index in [1.54, 1.807) is 13.8 Å². The van der Waals surface area contributed by atoms with Crippen molar-refractivity contribution in [1.29, 1.82) is 0 Å². The fourth-order valence-corrected chi connectivity index (χ4v) is 3.58. The van der Waals surface area contributed by atoms with Gasteiger partial charge in [-0.15, -0.1) is 11.3 Å². The highest BCUT2D eigenvalue weighted by Crippen LogP contribution is 2.18. The summed E-state index contributed by atoms with van der Waals surface area (Å²) in [5.41, 5.74) is 0.0913. The minimum absolute atomic E-state index is 0.0346. The summed E-state index contributed by atoms with van der Waals surface area (Å²) >= 11 is 1.43. The van der Waals surface area contributed by atoms with Gasteiger partial charge in [0.15, 0.2) is 11.5 Å². The normalized spacial score (nSPS) is 14.8. The van der Waals surface area contributed by atoms with Gasteiger partial charge >= 0.3 is 0 Å². The van der Waals surface area contributed by atoms with E-state index in [0.717, 1.165) is 4.88 Å². The molecule has 0 spiro atoms. The number of amides is 3. The maximum atomic E-state index is 12.6. The highest BCUT2D eigenvalue weighted by Gasteiger charge is 2.26. The van der Waals surface area contributed by atoms with Crippen LogP contribution in [0.2, 0.25) is 0 Å². The fraction of sp³-hybridized carbons (Fsp3) is 0.421. The molecule has 148 valence electrons. The topological polar surface area (TPSA) is 104 Å². The van der Waals surface area contributed by atoms with Crippen LogP contribution in [0.5, 0.6) is 0 Å². The number of likely N-dealkylation sites (tertiary alicyclic amines) is 1. The summed E-state index contributed by atoms with van der Waals surface area (Å²) in [5, 5.41) is 7.47. The standard InChI is InChI=1S/C19H23N5O3S/c1-12(2)17(25)23-16-15(20-7-8-21-16)18(26)22-13-5-9-24(10-6-13)19(27)14-4-3-11-28-14/h3-4,7-8,11-13H,5-6,9-10H2,1-2H3,(H,22,26)(H,21,23,25). The number of rotatable bonds is 5. The maximum Gasteiger partial charge on any atom is 0.273 e. The smallest absolute Gasteiger partial charge is 0.273 e. The second kappa shape index (κ2) is 8.92. The van der Waals surface area contributed by atoms with Crippen molar-refractivity contribution >= 4 is 34.9 Å². The summed E-state index contributed by atoms with van der Waals surface area (Å²) < 4.78 is 0. The van der Waals surface area contributed by atoms with Crippen molar-refractivity contribution in [3.05, 3.63) is 40.5 Å². The van der Waals surface area contributed by atoms with E-state index in [2.05, 4.69) is 20.6 Å². The Kier molecular flexibility index (Phi) is 6.35. The van der Waals surface area contributed by atoms with Crippen LogP contribution in [0.15, 0.2) is 29.9 Å². The number of hydrogen-bond acceptors (Lipinski definition) is 6. The SMILES string of the molecule is CC(C)C(=O)Nc1nccnc1C(=O)NC1CCN(C(=O)c2cccs2)CC1. The van der Waals surface area contributed by atoms with Crippen molar-refractivity contribution in [2.45, 2.75) is 32.7 Å². The largest absolute Gasteiger partial charge is 0.348 e. The van der Waals surface area contributed by atoms with Gasteiger partial charge in [-0.05, 0) is 24.3 Å². The van der Waals surface area contributed by atoms with Crippen LogP contribution in [0.1, 0.15) is 46.8 Å². The number of anilines is 1. The van der Waals surface area contributed by atoms with Crippen LogP contribution in [0.3, 0.4) is 0 Å². The van der Waals surface area contributed by atoms with Gasteiger partial charge in [-0.1, -0.05) is 19.9 Å². The van der Waals surface area contributed by atoms with Crippen LogP contribution in [-0.2, 0) is 4.79 Å². The Hall–Kier alpha value is -2.81. The number of nitrogens with one attached hydrogen (secondary N) is 2. The molecule has 1 saturated heterocycles. The van der Waals surface area contributed by atoms with Crippen molar-refractivity contribution in [3.8, 4) is 0 Å². The maximum absolute atomic E-state index is 12.6. The lowest BCUT2D eigenvalue weighted by atomic mass is 10.0. The molecule has 1 aliphatic rings. The zero-order valence-corrected chi connectivity index (χ0v) is 16.7. The fourth-order valence-electron chi connectivity index (χ4n) is 2.89. The molecule has 3 heterocycles. The Morgan fingerprint density at radius 2 is 1.89 bits per heavy atom. The third kappa shape index (κ3) is 4.72. The number of carbonyl (C=O) groups is 3. The van der Waals surface area contributed by atoms with E-state index in [1.807, 2.05) is 22.4 Å². The molecule has 0 unspecified atom stereocenters. The quantitative estimate of drug-likeness (QED) is 0.799. The molecule has 0 radical (unpaired) electrons. The van der Waals surface area contributed by atoms with Crippen molar-refractivity contribution < 1.29 is 14.4 Å². The van der Waals surface area contributed by atoms with Crippen LogP contribution < -0.4 is 10.6 Å². The first kappa shape index (κ1) is 19.9. The van der Waals surface area contributed by atoms with Gasteiger partial charge in [0, 0.05) is 37.4 Å². The molecular formula is C19H23N5O3S. The molecule has 1 aliphatic heterocycles. The number of aromatic nitrogens is 2. The number of carbonyl (C=O) groups excluding carboxylic acids is 3. The summed E-state index contributed by atoms with van der Waals surface area (Å²) in [5.74, 6) is -0.648. The van der Waals surface area contributed by atoms with Crippen molar-refractivity contribution in [2.24, 2.45) is 5.92 Å². The Bertz CT molecular complexity index is 845. The molecule has 2 aromatic rings. The molecule has 2 N–H and O–H groups in total. The minimum Gasteiger partial charge on any atom is -0.348 e. The molecule has 28 heavy (non-hydrogen) atoms. The van der Waals surface area contributed by atoms with Crippen molar-refractivity contribution in [1.82, 2.24) is 20.2 Å². The number of thiophene rings is 1. The summed E-state index contributed by atoms with van der Waals surface area (Å²) in [6.07, 6.45) is 4.18. The van der Waals surface area contributed by atoms with Crippen LogP contribution in [0.25, 0.3) is 0 Å². The van der Waals surface area contributed by atoms with Gasteiger partial charge in [0.05, 0.1) is 4.88 Å². The van der Waals surface area contributed by atoms with Crippen molar-refractivity contribution in [3.63, 3.8) is 0 Å². The van der Waals surface area contributed by atoms with Gasteiger partial charge in [-0.2, -0.15) is 0 Å². The van der Waals surface area contributed by atoms with E-state index in [0.29, 0.717) is 25.9 Å². The van der Waals surface area contributed by atoms with E-state index in [-0.39, 0.29) is 41.2 Å². The molecule has 0 aliphatic carbocycles. The highest BCUT2D eigenvalue weighted by atomic mass is 32.1. The van der Waals surface area contributed by atoms with E-state index >= 15 is 0 Å². The van der Waals surface area contributed by atoms with Crippen LogP contribution in [-0.4, -0.2) is 51.7 Å². The minimum atomic E-state index is -0.379. The van der Waals surface area contributed by atoms with Crippen LogP contribution >= 0.6 is 11.3 Å². The molecule has 8 nitrogen and oxygen atoms in total. The first-order valence-electron chi connectivity index (χ1n) is 9.21. The number of piperidine rings is 1. The second-order valence-corrected chi connectivity index (χ2v) is 7.86. The lowest BCUT2D eigenvalue weighted by Gasteiger charge is -2.32. The van der Waals surface area contributed by atoms with E-state index < -0.39 is 0 Å². The molecule has 2 aromatic heterocycles. The lowest BCUT2D eigenvalue weighted by Crippen LogP contribution is -2.46. The van der Waals surface area contributed by atoms with Crippen LogP contribution in [0.4, 0.5) is 5.82 Å². The van der Waals surface area contributed by atoms with Crippen molar-refractivity contribution in [2.75, 3.05) is 18.4 Å². The predicted molar refractivity (Wildman–Crippen MR) is 106 cm³/mol. The molecule has 3 rings (SSSR count). The van der Waals surface area contributed by atoms with Gasteiger partial charge in [0.25, 0.3) is 11.8 Å². The third-order valence-electron chi connectivity index (χ3n) is 4.53. The van der Waals surface area contributed by atoms with Gasteiger partial charge in [-0.25, -0.2) is 9.97 Å². The number of hydrogen-bond donors (Lipinski definition) is 2. The first-order valence-corrected chi connectivity index (χ1v) is 10.1. The Morgan fingerprint density at radius 1 is 1.18 bits per heavy atom. The molecule has 0 saturated carbocycles. The Labute approximate surface area is 167 Å². The number of nitrogens with zero attached hydrogens (tertiary/aromatic N) is 3. The average Bonchev–Trinajstić information content (AvgIpc) is 3.23. The highest BCUT2D eigenvalue weighted by molar-refractivity contribution is 7.12. The van der Waals surface area contributed by atoms with Gasteiger partial charge in [0.1, 0.15) is 0 Å². The van der Waals surface area contributed by atoms with E-state index in [4.69, 9.17) is 0 Å². The summed E-state index contributed by atoms with van der Waals surface area (Å²) in [6, 6.07) is 3.62. The molecule has 9 heteroatoms. The second-order valence-electron chi connectivity index (χ2n) is 6.91. The van der Waals surface area contributed by atoms with E-state index in [1.165, 1.54) is 23.7 Å².